The molecule has 2 aliphatic heterocycles. The Labute approximate surface area is 235 Å². The summed E-state index contributed by atoms with van der Waals surface area (Å²) in [6, 6.07) is 24.0. The van der Waals surface area contributed by atoms with Gasteiger partial charge < -0.3 is 28.9 Å². The van der Waals surface area contributed by atoms with E-state index in [0.717, 1.165) is 38.9 Å². The van der Waals surface area contributed by atoms with Crippen LogP contribution in [-0.4, -0.2) is 48.4 Å². The molecule has 1 aromatic carbocycles. The van der Waals surface area contributed by atoms with E-state index < -0.39 is 0 Å². The first-order chi connectivity index (χ1) is 18.6. The van der Waals surface area contributed by atoms with Gasteiger partial charge in [0.05, 0.1) is 39.7 Å². The van der Waals surface area contributed by atoms with Gasteiger partial charge in [0, 0.05) is 38.8 Å². The van der Waals surface area contributed by atoms with E-state index in [1.807, 2.05) is 72.8 Å². The summed E-state index contributed by atoms with van der Waals surface area (Å²) in [7, 11) is 6.39. The Bertz CT molecular complexity index is 1770. The van der Waals surface area contributed by atoms with Gasteiger partial charge in [0.2, 0.25) is 0 Å². The SMILES string of the molecule is COC1=C(OC)c2nc1cc1ccc(cc3ccc(cc4nc(c2OC)C(OC)=C4c2ccccc2)[nH]3)[nH]1.[Co]. The number of hydrogen-bond acceptors (Lipinski definition) is 6. The molecule has 0 atom stereocenters. The Morgan fingerprint density at radius 1 is 0.538 bits per heavy atom. The fourth-order valence-electron chi connectivity index (χ4n) is 4.85. The largest absolute Gasteiger partial charge is 0.494 e. The Kier molecular flexibility index (Phi) is 7.19. The van der Waals surface area contributed by atoms with Crippen molar-refractivity contribution in [3.05, 3.63) is 101 Å². The molecule has 1 radical (unpaired) electrons. The van der Waals surface area contributed by atoms with Crippen molar-refractivity contribution in [2.24, 2.45) is 0 Å². The number of rotatable bonds is 5. The van der Waals surface area contributed by atoms with Crippen molar-refractivity contribution in [2.75, 3.05) is 28.4 Å². The molecule has 3 aromatic heterocycles. The second kappa shape index (κ2) is 10.7. The van der Waals surface area contributed by atoms with Crippen LogP contribution in [0.5, 0.6) is 5.75 Å². The number of aromatic nitrogens is 4. The maximum absolute atomic E-state index is 5.98. The van der Waals surface area contributed by atoms with Gasteiger partial charge >= 0.3 is 0 Å². The fourth-order valence-corrected chi connectivity index (χ4v) is 4.85. The van der Waals surface area contributed by atoms with Gasteiger partial charge in [0.1, 0.15) is 5.69 Å². The zero-order valence-corrected chi connectivity index (χ0v) is 22.8. The van der Waals surface area contributed by atoms with Crippen molar-refractivity contribution in [2.45, 2.75) is 0 Å². The molecule has 0 amide bonds. The van der Waals surface area contributed by atoms with E-state index in [0.29, 0.717) is 40.1 Å². The number of nitrogens with zero attached hydrogens (tertiary/aromatic N) is 2. The molecule has 5 heterocycles. The summed E-state index contributed by atoms with van der Waals surface area (Å²) in [5.41, 5.74) is 7.77. The van der Waals surface area contributed by atoms with Crippen LogP contribution in [0.2, 0.25) is 0 Å². The first-order valence-corrected chi connectivity index (χ1v) is 12.1. The second-order valence-corrected chi connectivity index (χ2v) is 8.74. The number of methoxy groups -OCH3 is 4. The monoisotopic (exact) mass is 565 g/mol. The van der Waals surface area contributed by atoms with E-state index in [9.17, 15) is 0 Å². The van der Waals surface area contributed by atoms with Crippen molar-refractivity contribution in [1.29, 1.82) is 0 Å². The third kappa shape index (κ3) is 4.56. The Hall–Kier alpha value is -4.47. The van der Waals surface area contributed by atoms with Gasteiger partial charge in [-0.05, 0) is 48.0 Å². The average molecular weight is 565 g/mol. The van der Waals surface area contributed by atoms with E-state index in [2.05, 4.69) is 9.97 Å². The summed E-state index contributed by atoms with van der Waals surface area (Å²) in [6.45, 7) is 0. The minimum Gasteiger partial charge on any atom is -0.494 e. The number of ether oxygens (including phenoxy) is 4. The Morgan fingerprint density at radius 3 is 1.62 bits per heavy atom. The van der Waals surface area contributed by atoms with Crippen LogP contribution in [0.4, 0.5) is 0 Å². The van der Waals surface area contributed by atoms with Crippen LogP contribution >= 0.6 is 0 Å². The van der Waals surface area contributed by atoms with Crippen LogP contribution in [0.15, 0.2) is 72.8 Å². The second-order valence-electron chi connectivity index (χ2n) is 8.74. The van der Waals surface area contributed by atoms with Crippen molar-refractivity contribution in [3.63, 3.8) is 0 Å². The van der Waals surface area contributed by atoms with E-state index in [-0.39, 0.29) is 16.8 Å². The zero-order chi connectivity index (χ0) is 26.2. The number of benzene rings is 1. The van der Waals surface area contributed by atoms with E-state index in [4.69, 9.17) is 28.9 Å². The standard InChI is InChI=1S/C30H26N4O4.Co/c1-35-27-23-16-21-13-11-19(32-21)14-18-10-12-20(31-18)15-22-24(17-8-6-5-7-9-17)28(36-2)25(33-22)29(37-3)26(34-23)30(27)38-4;/h5-16,31-32H,1-4H3;. The summed E-state index contributed by atoms with van der Waals surface area (Å²) in [6.07, 6.45) is 0. The average Bonchev–Trinajstić information content (AvgIpc) is 3.71. The number of H-pyrrole nitrogens is 2. The van der Waals surface area contributed by atoms with Crippen molar-refractivity contribution in [1.82, 2.24) is 19.9 Å². The van der Waals surface area contributed by atoms with Crippen LogP contribution < -0.4 is 4.74 Å². The molecular formula is C30H26CoN4O4. The van der Waals surface area contributed by atoms with Crippen LogP contribution in [0, 0.1) is 0 Å². The third-order valence-corrected chi connectivity index (χ3v) is 6.48. The normalized spacial score (nSPS) is 12.7. The van der Waals surface area contributed by atoms with Gasteiger partial charge in [-0.1, -0.05) is 30.3 Å². The van der Waals surface area contributed by atoms with E-state index in [1.54, 1.807) is 28.4 Å². The summed E-state index contributed by atoms with van der Waals surface area (Å²) < 4.78 is 23.5. The minimum absolute atomic E-state index is 0. The summed E-state index contributed by atoms with van der Waals surface area (Å²) >= 11 is 0. The minimum atomic E-state index is 0. The molecule has 9 heteroatoms. The van der Waals surface area contributed by atoms with Gasteiger partial charge in [-0.2, -0.15) is 0 Å². The van der Waals surface area contributed by atoms with Gasteiger partial charge in [-0.15, -0.1) is 0 Å². The van der Waals surface area contributed by atoms with Crippen molar-refractivity contribution >= 4 is 44.9 Å². The van der Waals surface area contributed by atoms with E-state index >= 15 is 0 Å². The number of nitrogens with one attached hydrogen (secondary N) is 2. The molecule has 6 rings (SSSR count). The van der Waals surface area contributed by atoms with Gasteiger partial charge in [0.15, 0.2) is 34.4 Å². The predicted octanol–water partition coefficient (Wildman–Crippen LogP) is 6.00. The number of fused-ring (bicyclic) bond motifs is 8. The summed E-state index contributed by atoms with van der Waals surface area (Å²) in [4.78, 5) is 16.8. The topological polar surface area (TPSA) is 94.3 Å². The summed E-state index contributed by atoms with van der Waals surface area (Å²) in [5.74, 6) is 1.93. The molecule has 0 fully saturated rings. The first kappa shape index (κ1) is 26.1. The Balaban J connectivity index is 0.00000308. The summed E-state index contributed by atoms with van der Waals surface area (Å²) in [5, 5.41) is 0. The van der Waals surface area contributed by atoms with Crippen molar-refractivity contribution in [3.8, 4) is 5.75 Å². The zero-order valence-electron chi connectivity index (χ0n) is 21.8. The molecule has 199 valence electrons. The van der Waals surface area contributed by atoms with Crippen molar-refractivity contribution < 1.29 is 35.7 Å². The molecule has 0 unspecified atom stereocenters. The molecule has 8 nitrogen and oxygen atoms in total. The molecule has 39 heavy (non-hydrogen) atoms. The maximum Gasteiger partial charge on any atom is 0.192 e. The van der Waals surface area contributed by atoms with Gasteiger partial charge in [-0.3, -0.25) is 0 Å². The molecule has 0 aliphatic carbocycles. The molecule has 2 N–H and O–H groups in total. The number of aromatic amines is 2. The molecule has 0 saturated carbocycles. The molecule has 8 bridgehead atoms. The fraction of sp³-hybridized carbons (Fsp3) is 0.133. The van der Waals surface area contributed by atoms with Crippen LogP contribution in [0.25, 0.3) is 44.9 Å². The molecule has 2 aliphatic rings. The molecular weight excluding hydrogens is 539 g/mol. The molecule has 0 saturated heterocycles. The Morgan fingerprint density at radius 2 is 1.05 bits per heavy atom. The molecule has 4 aromatic rings. The first-order valence-electron chi connectivity index (χ1n) is 12.1. The van der Waals surface area contributed by atoms with Crippen LogP contribution in [-0.2, 0) is 31.0 Å². The third-order valence-electron chi connectivity index (χ3n) is 6.48. The maximum atomic E-state index is 5.98. The van der Waals surface area contributed by atoms with Crippen LogP contribution in [0.3, 0.4) is 0 Å². The van der Waals surface area contributed by atoms with Crippen LogP contribution in [0.1, 0.15) is 28.3 Å². The number of hydrogen-bond donors (Lipinski definition) is 2. The van der Waals surface area contributed by atoms with Gasteiger partial charge in [-0.25, -0.2) is 9.97 Å². The smallest absolute Gasteiger partial charge is 0.192 e. The predicted molar refractivity (Wildman–Crippen MR) is 148 cm³/mol. The van der Waals surface area contributed by atoms with E-state index in [1.165, 1.54) is 0 Å². The quantitative estimate of drug-likeness (QED) is 0.308. The molecule has 0 spiro atoms. The van der Waals surface area contributed by atoms with Gasteiger partial charge in [0.25, 0.3) is 0 Å².